The number of quaternary nitrogens is 1. The summed E-state index contributed by atoms with van der Waals surface area (Å²) in [6, 6.07) is 9.63. The number of nitrogens with two attached hydrogens (primary N) is 1. The molecule has 0 saturated heterocycles. The van der Waals surface area contributed by atoms with E-state index in [1.54, 1.807) is 0 Å². The Labute approximate surface area is 126 Å². The standard InChI is InChI=1S/C17H23N3O/c1-14(2)12-16(18)17(21)19-20(10-6-7-11-20)13-15-8-4-3-5-9-15/h3-11,14,16H,12-13,18H2,1-2H3/p+1/t16-/m0/s1. The van der Waals surface area contributed by atoms with E-state index in [1.807, 2.05) is 42.8 Å². The lowest BCUT2D eigenvalue weighted by Crippen LogP contribution is -2.55. The summed E-state index contributed by atoms with van der Waals surface area (Å²) in [5.74, 6) is 0.286. The maximum atomic E-state index is 12.3. The maximum Gasteiger partial charge on any atom is 0.282 e. The fraction of sp³-hybridized carbons (Fsp3) is 0.353. The molecule has 0 unspecified atom stereocenters. The summed E-state index contributed by atoms with van der Waals surface area (Å²) in [5, 5.41) is 0. The van der Waals surface area contributed by atoms with Crippen LogP contribution in [0.1, 0.15) is 25.8 Å². The van der Waals surface area contributed by atoms with E-state index in [0.717, 1.165) is 5.56 Å². The van der Waals surface area contributed by atoms with E-state index >= 15 is 0 Å². The molecule has 0 radical (unpaired) electrons. The molecule has 1 aromatic rings. The van der Waals surface area contributed by atoms with Gasteiger partial charge in [-0.25, -0.2) is 0 Å². The van der Waals surface area contributed by atoms with Crippen LogP contribution in [0.25, 0.3) is 0 Å². The van der Waals surface area contributed by atoms with Crippen molar-refractivity contribution in [1.82, 2.24) is 5.43 Å². The van der Waals surface area contributed by atoms with Crippen LogP contribution >= 0.6 is 0 Å². The Kier molecular flexibility index (Phi) is 4.94. The van der Waals surface area contributed by atoms with Gasteiger partial charge in [0.05, 0.1) is 6.04 Å². The highest BCUT2D eigenvalue weighted by Crippen LogP contribution is 2.18. The van der Waals surface area contributed by atoms with Crippen molar-refractivity contribution in [2.45, 2.75) is 32.9 Å². The number of carbonyl (C=O) groups is 1. The fourth-order valence-corrected chi connectivity index (χ4v) is 2.46. The molecule has 4 heteroatoms. The Bertz CT molecular complexity index is 522. The first-order valence-corrected chi connectivity index (χ1v) is 7.37. The van der Waals surface area contributed by atoms with E-state index in [0.29, 0.717) is 18.9 Å². The Hall–Kier alpha value is -1.91. The average molecular weight is 286 g/mol. The minimum absolute atomic E-state index is 0.115. The maximum absolute atomic E-state index is 12.3. The van der Waals surface area contributed by atoms with Gasteiger partial charge in [0.25, 0.3) is 5.91 Å². The molecule has 2 rings (SSSR count). The van der Waals surface area contributed by atoms with Gasteiger partial charge in [0, 0.05) is 5.56 Å². The second kappa shape index (κ2) is 6.70. The van der Waals surface area contributed by atoms with E-state index in [2.05, 4.69) is 31.4 Å². The summed E-state index contributed by atoms with van der Waals surface area (Å²) in [7, 11) is 0. The predicted molar refractivity (Wildman–Crippen MR) is 84.3 cm³/mol. The molecule has 0 bridgehead atoms. The lowest BCUT2D eigenvalue weighted by Gasteiger charge is -2.29. The third-order valence-corrected chi connectivity index (χ3v) is 3.48. The zero-order valence-electron chi connectivity index (χ0n) is 12.7. The molecule has 112 valence electrons. The van der Waals surface area contributed by atoms with Crippen LogP contribution in [0.3, 0.4) is 0 Å². The quantitative estimate of drug-likeness (QED) is 0.789. The number of rotatable bonds is 6. The summed E-state index contributed by atoms with van der Waals surface area (Å²) in [6.45, 7) is 4.81. The lowest BCUT2D eigenvalue weighted by molar-refractivity contribution is -0.876. The Balaban J connectivity index is 2.07. The van der Waals surface area contributed by atoms with E-state index in [4.69, 9.17) is 5.73 Å². The minimum Gasteiger partial charge on any atom is -0.320 e. The van der Waals surface area contributed by atoms with Gasteiger partial charge in [-0.2, -0.15) is 10.0 Å². The molecule has 4 nitrogen and oxygen atoms in total. The number of allylic oxidation sites excluding steroid dienone is 2. The monoisotopic (exact) mass is 286 g/mol. The summed E-state index contributed by atoms with van der Waals surface area (Å²) in [6.07, 6.45) is 8.50. The van der Waals surface area contributed by atoms with Gasteiger partial charge in [-0.1, -0.05) is 44.2 Å². The van der Waals surface area contributed by atoms with Gasteiger partial charge in [-0.05, 0) is 24.5 Å². The van der Waals surface area contributed by atoms with Gasteiger partial charge in [0.1, 0.15) is 18.9 Å². The molecule has 1 aromatic carbocycles. The van der Waals surface area contributed by atoms with E-state index in [1.165, 1.54) is 0 Å². The first-order chi connectivity index (χ1) is 10.0. The molecule has 0 aromatic heterocycles. The number of carbonyl (C=O) groups excluding carboxylic acids is 1. The largest absolute Gasteiger partial charge is 0.320 e. The lowest BCUT2D eigenvalue weighted by atomic mass is 10.0. The molecule has 1 heterocycles. The van der Waals surface area contributed by atoms with Gasteiger partial charge in [0.15, 0.2) is 0 Å². The van der Waals surface area contributed by atoms with E-state index < -0.39 is 6.04 Å². The van der Waals surface area contributed by atoms with Crippen molar-refractivity contribution in [3.8, 4) is 0 Å². The third-order valence-electron chi connectivity index (χ3n) is 3.48. The van der Waals surface area contributed by atoms with Crippen LogP contribution in [0.4, 0.5) is 0 Å². The molecule has 0 fully saturated rings. The van der Waals surface area contributed by atoms with Crippen molar-refractivity contribution in [2.75, 3.05) is 0 Å². The number of nitrogens with one attached hydrogen (secondary N) is 1. The van der Waals surface area contributed by atoms with E-state index in [-0.39, 0.29) is 10.5 Å². The Morgan fingerprint density at radius 2 is 1.81 bits per heavy atom. The first kappa shape index (κ1) is 15.5. The summed E-state index contributed by atoms with van der Waals surface area (Å²) < 4.78 is 0.286. The average Bonchev–Trinajstić information content (AvgIpc) is 2.87. The van der Waals surface area contributed by atoms with Gasteiger partial charge >= 0.3 is 0 Å². The molecule has 1 atom stereocenters. The van der Waals surface area contributed by atoms with Crippen LogP contribution in [0.5, 0.6) is 0 Å². The molecule has 1 aliphatic heterocycles. The van der Waals surface area contributed by atoms with Gasteiger partial charge in [-0.15, -0.1) is 0 Å². The van der Waals surface area contributed by atoms with Crippen molar-refractivity contribution < 1.29 is 9.39 Å². The van der Waals surface area contributed by atoms with Crippen molar-refractivity contribution in [3.05, 3.63) is 60.4 Å². The predicted octanol–water partition coefficient (Wildman–Crippen LogP) is 2.45. The van der Waals surface area contributed by atoms with Crippen LogP contribution in [0, 0.1) is 5.92 Å². The van der Waals surface area contributed by atoms with E-state index in [9.17, 15) is 4.79 Å². The van der Waals surface area contributed by atoms with Crippen molar-refractivity contribution in [2.24, 2.45) is 11.7 Å². The summed E-state index contributed by atoms with van der Waals surface area (Å²) >= 11 is 0. The molecular weight excluding hydrogens is 262 g/mol. The SMILES string of the molecule is CC(C)C[C@H](N)C(=O)N[N+]1(Cc2ccccc2)C=CC=C1. The molecule has 1 aliphatic rings. The summed E-state index contributed by atoms with van der Waals surface area (Å²) in [5.41, 5.74) is 10.2. The minimum atomic E-state index is -0.474. The summed E-state index contributed by atoms with van der Waals surface area (Å²) in [4.78, 5) is 12.3. The van der Waals surface area contributed by atoms with Crippen LogP contribution in [0.2, 0.25) is 0 Å². The zero-order valence-corrected chi connectivity index (χ0v) is 12.7. The van der Waals surface area contributed by atoms with Crippen LogP contribution in [0.15, 0.2) is 54.9 Å². The smallest absolute Gasteiger partial charge is 0.282 e. The molecule has 3 N–H and O–H groups in total. The Morgan fingerprint density at radius 3 is 2.38 bits per heavy atom. The number of hydrogen-bond donors (Lipinski definition) is 2. The normalized spacial score (nSPS) is 17.1. The van der Waals surface area contributed by atoms with Crippen molar-refractivity contribution in [1.29, 1.82) is 0 Å². The third kappa shape index (κ3) is 4.28. The van der Waals surface area contributed by atoms with Crippen LogP contribution in [-0.2, 0) is 11.3 Å². The Morgan fingerprint density at radius 1 is 1.19 bits per heavy atom. The first-order valence-electron chi connectivity index (χ1n) is 7.37. The molecule has 1 amide bonds. The highest BCUT2D eigenvalue weighted by atomic mass is 16.2. The molecule has 0 spiro atoms. The molecule has 0 saturated carbocycles. The molecular formula is C17H24N3O+. The van der Waals surface area contributed by atoms with Crippen LogP contribution in [-0.4, -0.2) is 16.5 Å². The second-order valence-electron chi connectivity index (χ2n) is 5.97. The van der Waals surface area contributed by atoms with Gasteiger partial charge in [-0.3, -0.25) is 4.79 Å². The van der Waals surface area contributed by atoms with Crippen molar-refractivity contribution >= 4 is 5.91 Å². The topological polar surface area (TPSA) is 55.1 Å². The van der Waals surface area contributed by atoms with Gasteiger partial charge in [0.2, 0.25) is 0 Å². The number of amides is 1. The van der Waals surface area contributed by atoms with Gasteiger partial charge < -0.3 is 5.73 Å². The zero-order chi connectivity index (χ0) is 15.3. The number of benzene rings is 1. The number of hydrogen-bond acceptors (Lipinski definition) is 2. The number of nitrogens with zero attached hydrogens (tertiary/aromatic N) is 1. The highest BCUT2D eigenvalue weighted by Gasteiger charge is 2.30. The van der Waals surface area contributed by atoms with Crippen molar-refractivity contribution in [3.63, 3.8) is 0 Å². The fourth-order valence-electron chi connectivity index (χ4n) is 2.46. The highest BCUT2D eigenvalue weighted by molar-refractivity contribution is 5.80. The van der Waals surface area contributed by atoms with Crippen LogP contribution < -0.4 is 11.2 Å². The molecule has 21 heavy (non-hydrogen) atoms. The second-order valence-corrected chi connectivity index (χ2v) is 5.97. The molecule has 0 aliphatic carbocycles.